The molecule has 0 radical (unpaired) electrons. The summed E-state index contributed by atoms with van der Waals surface area (Å²) in [7, 11) is 0. The molecule has 174 valence electrons. The van der Waals surface area contributed by atoms with Crippen LogP contribution >= 0.6 is 23.2 Å². The smallest absolute Gasteiger partial charge is 0.340 e. The van der Waals surface area contributed by atoms with Crippen LogP contribution in [0.3, 0.4) is 0 Å². The second-order valence-corrected chi connectivity index (χ2v) is 9.26. The first-order chi connectivity index (χ1) is 16.3. The standard InChI is InChI=1S/C26H23Cl2N3O3/c1-26(2)33-22-13-20(12-18(14-27)24(22)34-26)29-25(32)31-15-21(16-6-4-3-5-7-16)23(30-31)17-8-10-19(28)11-9-17/h3-13,30H,14-15H2,1-2H3,(H,29,32). The molecule has 0 saturated carbocycles. The number of rotatable bonds is 4. The molecule has 5 rings (SSSR count). The van der Waals surface area contributed by atoms with E-state index in [4.69, 9.17) is 32.7 Å². The number of hydrazine groups is 1. The minimum atomic E-state index is -0.787. The van der Waals surface area contributed by atoms with E-state index in [1.165, 1.54) is 0 Å². The van der Waals surface area contributed by atoms with Gasteiger partial charge in [0.15, 0.2) is 11.5 Å². The number of carbonyl (C=O) groups is 1. The van der Waals surface area contributed by atoms with E-state index in [-0.39, 0.29) is 11.9 Å². The van der Waals surface area contributed by atoms with Crippen LogP contribution < -0.4 is 20.2 Å². The van der Waals surface area contributed by atoms with Crippen molar-refractivity contribution in [1.82, 2.24) is 10.4 Å². The molecule has 2 aliphatic heterocycles. The predicted molar refractivity (Wildman–Crippen MR) is 135 cm³/mol. The van der Waals surface area contributed by atoms with Crippen LogP contribution in [-0.2, 0) is 5.88 Å². The van der Waals surface area contributed by atoms with Crippen LogP contribution in [0.5, 0.6) is 11.5 Å². The van der Waals surface area contributed by atoms with Crippen LogP contribution in [0, 0.1) is 0 Å². The highest BCUT2D eigenvalue weighted by Crippen LogP contribution is 2.44. The first kappa shape index (κ1) is 22.4. The lowest BCUT2D eigenvalue weighted by Crippen LogP contribution is -2.40. The minimum absolute atomic E-state index is 0.230. The third-order valence-corrected chi connectivity index (χ3v) is 6.14. The Kier molecular flexibility index (Phi) is 5.80. The molecule has 0 bridgehead atoms. The molecule has 3 aromatic carbocycles. The monoisotopic (exact) mass is 495 g/mol. The molecule has 0 fully saturated rings. The van der Waals surface area contributed by atoms with Gasteiger partial charge in [-0.25, -0.2) is 9.80 Å². The normalized spacial score (nSPS) is 15.9. The Morgan fingerprint density at radius 2 is 1.79 bits per heavy atom. The lowest BCUT2D eigenvalue weighted by molar-refractivity contribution is -0.0434. The average Bonchev–Trinajstić information content (AvgIpc) is 3.40. The highest BCUT2D eigenvalue weighted by atomic mass is 35.5. The fraction of sp³-hybridized carbons (Fsp3) is 0.192. The number of anilines is 1. The van der Waals surface area contributed by atoms with E-state index in [9.17, 15) is 4.79 Å². The van der Waals surface area contributed by atoms with Crippen molar-refractivity contribution in [2.24, 2.45) is 0 Å². The Morgan fingerprint density at radius 3 is 2.50 bits per heavy atom. The highest BCUT2D eigenvalue weighted by Gasteiger charge is 2.34. The predicted octanol–water partition coefficient (Wildman–Crippen LogP) is 6.51. The van der Waals surface area contributed by atoms with Crippen LogP contribution in [0.2, 0.25) is 5.02 Å². The maximum atomic E-state index is 13.2. The molecule has 2 N–H and O–H groups in total. The lowest BCUT2D eigenvalue weighted by atomic mass is 10.0. The van der Waals surface area contributed by atoms with Gasteiger partial charge in [-0.2, -0.15) is 0 Å². The van der Waals surface area contributed by atoms with E-state index >= 15 is 0 Å². The van der Waals surface area contributed by atoms with Crippen molar-refractivity contribution in [2.45, 2.75) is 25.5 Å². The highest BCUT2D eigenvalue weighted by molar-refractivity contribution is 6.30. The molecule has 2 heterocycles. The van der Waals surface area contributed by atoms with Crippen molar-refractivity contribution in [1.29, 1.82) is 0 Å². The molecule has 3 aromatic rings. The Balaban J connectivity index is 1.40. The number of hydrogen-bond donors (Lipinski definition) is 2. The van der Waals surface area contributed by atoms with E-state index in [1.807, 2.05) is 68.4 Å². The number of urea groups is 1. The van der Waals surface area contributed by atoms with Crippen LogP contribution in [0.25, 0.3) is 11.3 Å². The van der Waals surface area contributed by atoms with Gasteiger partial charge in [0.1, 0.15) is 0 Å². The molecular formula is C26H23Cl2N3O3. The summed E-state index contributed by atoms with van der Waals surface area (Å²) >= 11 is 12.2. The molecule has 2 aliphatic rings. The molecular weight excluding hydrogens is 473 g/mol. The van der Waals surface area contributed by atoms with Gasteiger partial charge >= 0.3 is 6.03 Å². The van der Waals surface area contributed by atoms with Gasteiger partial charge in [0.05, 0.1) is 18.1 Å². The summed E-state index contributed by atoms with van der Waals surface area (Å²) in [6.45, 7) is 4.03. The van der Waals surface area contributed by atoms with Crippen molar-refractivity contribution in [2.75, 3.05) is 11.9 Å². The molecule has 0 saturated heterocycles. The topological polar surface area (TPSA) is 62.8 Å². The maximum Gasteiger partial charge on any atom is 0.340 e. The number of amides is 2. The van der Waals surface area contributed by atoms with Crippen LogP contribution in [0.15, 0.2) is 66.7 Å². The quantitative estimate of drug-likeness (QED) is 0.405. The Hall–Kier alpha value is -3.35. The van der Waals surface area contributed by atoms with Gasteiger partial charge in [0.25, 0.3) is 0 Å². The summed E-state index contributed by atoms with van der Waals surface area (Å²) in [5.74, 6) is 0.603. The molecule has 34 heavy (non-hydrogen) atoms. The summed E-state index contributed by atoms with van der Waals surface area (Å²) in [5.41, 5.74) is 8.42. The van der Waals surface area contributed by atoms with Gasteiger partial charge in [-0.05, 0) is 29.3 Å². The van der Waals surface area contributed by atoms with E-state index in [2.05, 4.69) is 10.7 Å². The first-order valence-electron chi connectivity index (χ1n) is 10.8. The molecule has 6 nitrogen and oxygen atoms in total. The summed E-state index contributed by atoms with van der Waals surface area (Å²) in [5, 5.41) is 5.15. The summed E-state index contributed by atoms with van der Waals surface area (Å²) in [6, 6.07) is 20.8. The summed E-state index contributed by atoms with van der Waals surface area (Å²) in [6.07, 6.45) is 0. The van der Waals surface area contributed by atoms with Crippen LogP contribution in [-0.4, -0.2) is 23.4 Å². The van der Waals surface area contributed by atoms with Crippen molar-refractivity contribution in [3.05, 3.63) is 88.4 Å². The van der Waals surface area contributed by atoms with Crippen molar-refractivity contribution < 1.29 is 14.3 Å². The van der Waals surface area contributed by atoms with Gasteiger partial charge in [-0.1, -0.05) is 54.1 Å². The fourth-order valence-corrected chi connectivity index (χ4v) is 4.40. The number of benzene rings is 3. The number of nitrogens with zero attached hydrogens (tertiary/aromatic N) is 1. The number of halogens is 2. The Morgan fingerprint density at radius 1 is 1.06 bits per heavy atom. The van der Waals surface area contributed by atoms with E-state index in [0.717, 1.165) is 28.0 Å². The zero-order valence-electron chi connectivity index (χ0n) is 18.7. The van der Waals surface area contributed by atoms with E-state index < -0.39 is 5.79 Å². The zero-order chi connectivity index (χ0) is 23.9. The van der Waals surface area contributed by atoms with Gasteiger partial charge < -0.3 is 14.8 Å². The molecule has 0 aromatic heterocycles. The fourth-order valence-electron chi connectivity index (χ4n) is 4.08. The van der Waals surface area contributed by atoms with Crippen molar-refractivity contribution in [3.63, 3.8) is 0 Å². The minimum Gasteiger partial charge on any atom is -0.449 e. The number of ether oxygens (including phenoxy) is 2. The van der Waals surface area contributed by atoms with Crippen LogP contribution in [0.4, 0.5) is 10.5 Å². The van der Waals surface area contributed by atoms with Crippen molar-refractivity contribution in [3.8, 4) is 11.5 Å². The summed E-state index contributed by atoms with van der Waals surface area (Å²) < 4.78 is 11.7. The van der Waals surface area contributed by atoms with Gasteiger partial charge in [0, 0.05) is 41.8 Å². The third kappa shape index (κ3) is 4.39. The van der Waals surface area contributed by atoms with Crippen LogP contribution in [0.1, 0.15) is 30.5 Å². The number of fused-ring (bicyclic) bond motifs is 1. The second-order valence-electron chi connectivity index (χ2n) is 8.55. The maximum absolute atomic E-state index is 13.2. The molecule has 2 amide bonds. The third-order valence-electron chi connectivity index (χ3n) is 5.60. The number of carbonyl (C=O) groups excluding carboxylic acids is 1. The van der Waals surface area contributed by atoms with Gasteiger partial charge in [-0.15, -0.1) is 11.6 Å². The average molecular weight is 496 g/mol. The number of hydrogen-bond acceptors (Lipinski definition) is 4. The number of nitrogens with one attached hydrogen (secondary N) is 2. The van der Waals surface area contributed by atoms with Gasteiger partial charge in [0.2, 0.25) is 5.79 Å². The number of alkyl halides is 1. The SMILES string of the molecule is CC1(C)Oc2cc(NC(=O)N3CC(c4ccccc4)=C(c4ccc(Cl)cc4)N3)cc(CCl)c2O1. The van der Waals surface area contributed by atoms with Crippen molar-refractivity contribution >= 4 is 46.2 Å². The summed E-state index contributed by atoms with van der Waals surface area (Å²) in [4.78, 5) is 13.2. The first-order valence-corrected chi connectivity index (χ1v) is 11.7. The molecule has 0 spiro atoms. The van der Waals surface area contributed by atoms with Gasteiger partial charge in [-0.3, -0.25) is 5.43 Å². The Bertz CT molecular complexity index is 1270. The molecule has 0 unspecified atom stereocenters. The Labute approximate surface area is 208 Å². The molecule has 0 aliphatic carbocycles. The largest absolute Gasteiger partial charge is 0.449 e. The van der Waals surface area contributed by atoms with E-state index in [1.54, 1.807) is 17.1 Å². The molecule has 0 atom stereocenters. The van der Waals surface area contributed by atoms with E-state index in [0.29, 0.717) is 28.8 Å². The zero-order valence-corrected chi connectivity index (χ0v) is 20.2. The second kappa shape index (κ2) is 8.78. The lowest BCUT2D eigenvalue weighted by Gasteiger charge is -2.19. The molecule has 8 heteroatoms.